The Kier molecular flexibility index (Phi) is 13.0. The number of hydrogen-bond acceptors (Lipinski definition) is 1. The first-order valence-electron chi connectivity index (χ1n) is 12.8. The number of hydrogen-bond donors (Lipinski definition) is 0. The summed E-state index contributed by atoms with van der Waals surface area (Å²) in [6, 6.07) is 0. The molecule has 162 valence electrons. The van der Waals surface area contributed by atoms with Gasteiger partial charge in [-0.1, -0.05) is 95.9 Å². The largest absolute Gasteiger partial charge is 0.374 e. The molecule has 0 aromatic rings. The molecule has 0 N–H and O–H groups in total. The van der Waals surface area contributed by atoms with Crippen molar-refractivity contribution in [2.45, 2.75) is 123 Å². The highest BCUT2D eigenvalue weighted by Gasteiger charge is 2.30. The lowest BCUT2D eigenvalue weighted by Gasteiger charge is -2.37. The molecular weight excluding hydrogens is 340 g/mol. The van der Waals surface area contributed by atoms with Crippen LogP contribution in [0.3, 0.4) is 0 Å². The first kappa shape index (κ1) is 23.7. The molecule has 0 spiro atoms. The molecule has 2 rings (SSSR count). The van der Waals surface area contributed by atoms with Gasteiger partial charge in [-0.25, -0.2) is 0 Å². The molecule has 0 amide bonds. The van der Waals surface area contributed by atoms with Crippen molar-refractivity contribution in [3.63, 3.8) is 0 Å². The van der Waals surface area contributed by atoms with Crippen LogP contribution in [0.2, 0.25) is 0 Å². The van der Waals surface area contributed by atoms with Crippen LogP contribution in [0.1, 0.15) is 117 Å². The van der Waals surface area contributed by atoms with Gasteiger partial charge in [0.15, 0.2) is 0 Å². The van der Waals surface area contributed by atoms with Crippen molar-refractivity contribution in [2.24, 2.45) is 17.8 Å². The van der Waals surface area contributed by atoms with E-state index < -0.39 is 0 Å². The van der Waals surface area contributed by atoms with Gasteiger partial charge >= 0.3 is 0 Å². The van der Waals surface area contributed by atoms with Crippen molar-refractivity contribution < 1.29 is 4.74 Å². The van der Waals surface area contributed by atoms with E-state index in [-0.39, 0.29) is 0 Å². The van der Waals surface area contributed by atoms with E-state index in [4.69, 9.17) is 4.74 Å². The molecule has 2 aliphatic rings. The predicted molar refractivity (Wildman–Crippen MR) is 124 cm³/mol. The Morgan fingerprint density at radius 3 is 2.00 bits per heavy atom. The summed E-state index contributed by atoms with van der Waals surface area (Å²) in [6.45, 7) is 5.31. The Morgan fingerprint density at radius 2 is 1.32 bits per heavy atom. The summed E-state index contributed by atoms with van der Waals surface area (Å²) in [4.78, 5) is 0. The first-order chi connectivity index (χ1) is 13.8. The van der Waals surface area contributed by atoms with E-state index in [1.165, 1.54) is 103 Å². The van der Waals surface area contributed by atoms with Crippen molar-refractivity contribution in [3.8, 4) is 0 Å². The fourth-order valence-corrected chi connectivity index (χ4v) is 5.38. The average molecular weight is 389 g/mol. The van der Waals surface area contributed by atoms with Gasteiger partial charge in [0.05, 0.1) is 12.7 Å². The Balaban J connectivity index is 1.51. The summed E-state index contributed by atoms with van der Waals surface area (Å²) in [7, 11) is 0. The summed E-state index contributed by atoms with van der Waals surface area (Å²) in [5.41, 5.74) is 0. The third kappa shape index (κ3) is 9.77. The normalized spacial score (nSPS) is 29.1. The summed E-state index contributed by atoms with van der Waals surface area (Å²) >= 11 is 0. The molecular formula is C27H48O. The highest BCUT2D eigenvalue weighted by atomic mass is 16.5. The zero-order chi connectivity index (χ0) is 19.9. The average Bonchev–Trinajstić information content (AvgIpc) is 2.74. The molecule has 0 radical (unpaired) electrons. The Labute approximate surface area is 176 Å². The molecule has 0 atom stereocenters. The molecule has 0 saturated heterocycles. The fraction of sp³-hybridized carbons (Fsp3) is 0.852. The Morgan fingerprint density at radius 1 is 0.679 bits per heavy atom. The van der Waals surface area contributed by atoms with Crippen molar-refractivity contribution >= 4 is 0 Å². The van der Waals surface area contributed by atoms with Gasteiger partial charge in [0.1, 0.15) is 0 Å². The van der Waals surface area contributed by atoms with E-state index in [1.54, 1.807) is 0 Å². The van der Waals surface area contributed by atoms with Crippen molar-refractivity contribution in [2.75, 3.05) is 6.61 Å². The Hall–Kier alpha value is -0.560. The van der Waals surface area contributed by atoms with Gasteiger partial charge < -0.3 is 4.74 Å². The smallest absolute Gasteiger partial charge is 0.0654 e. The molecule has 0 aromatic heterocycles. The minimum Gasteiger partial charge on any atom is -0.374 e. The molecule has 2 saturated carbocycles. The topological polar surface area (TPSA) is 9.23 Å². The van der Waals surface area contributed by atoms with Crippen LogP contribution in [0.4, 0.5) is 0 Å². The Bertz CT molecular complexity index is 408. The lowest BCUT2D eigenvalue weighted by Crippen LogP contribution is -2.28. The molecule has 2 fully saturated rings. The quantitative estimate of drug-likeness (QED) is 0.226. The number of unbranched alkanes of at least 4 members (excludes halogenated alkanes) is 5. The molecule has 2 aliphatic carbocycles. The molecule has 1 heteroatoms. The van der Waals surface area contributed by atoms with Gasteiger partial charge in [-0.2, -0.15) is 0 Å². The van der Waals surface area contributed by atoms with Gasteiger partial charge in [0.2, 0.25) is 0 Å². The summed E-state index contributed by atoms with van der Waals surface area (Å²) < 4.78 is 6.09. The van der Waals surface area contributed by atoms with E-state index in [9.17, 15) is 0 Å². The third-order valence-electron chi connectivity index (χ3n) is 7.26. The van der Waals surface area contributed by atoms with Crippen molar-refractivity contribution in [1.82, 2.24) is 0 Å². The van der Waals surface area contributed by atoms with E-state index in [0.717, 1.165) is 24.4 Å². The second-order valence-corrected chi connectivity index (χ2v) is 9.50. The van der Waals surface area contributed by atoms with Gasteiger partial charge in [0, 0.05) is 0 Å². The SMILES string of the molecule is CCC/C=C/C=C/CO[C@H]1CC[C@H](C2CCC(CCCCCCC)CC2)CC1. The fourth-order valence-electron chi connectivity index (χ4n) is 5.38. The molecule has 0 unspecified atom stereocenters. The summed E-state index contributed by atoms with van der Waals surface area (Å²) in [5.74, 6) is 3.08. The van der Waals surface area contributed by atoms with E-state index in [1.807, 2.05) is 0 Å². The van der Waals surface area contributed by atoms with Crippen molar-refractivity contribution in [3.05, 3.63) is 24.3 Å². The number of ether oxygens (including phenoxy) is 1. The highest BCUT2D eigenvalue weighted by Crippen LogP contribution is 2.41. The lowest BCUT2D eigenvalue weighted by atomic mass is 9.70. The third-order valence-corrected chi connectivity index (χ3v) is 7.26. The minimum atomic E-state index is 0.514. The molecule has 0 aliphatic heterocycles. The zero-order valence-electron chi connectivity index (χ0n) is 19.0. The van der Waals surface area contributed by atoms with Gasteiger partial charge in [-0.3, -0.25) is 0 Å². The summed E-state index contributed by atoms with van der Waals surface area (Å²) in [5, 5.41) is 0. The van der Waals surface area contributed by atoms with Gasteiger partial charge in [0.25, 0.3) is 0 Å². The maximum absolute atomic E-state index is 6.09. The second kappa shape index (κ2) is 15.3. The first-order valence-corrected chi connectivity index (χ1v) is 12.8. The second-order valence-electron chi connectivity index (χ2n) is 9.50. The predicted octanol–water partition coefficient (Wildman–Crippen LogP) is 8.64. The lowest BCUT2D eigenvalue weighted by molar-refractivity contribution is 0.0210. The number of allylic oxidation sites excluding steroid dienone is 3. The van der Waals surface area contributed by atoms with Crippen LogP contribution >= 0.6 is 0 Å². The van der Waals surface area contributed by atoms with Crippen LogP contribution < -0.4 is 0 Å². The summed E-state index contributed by atoms with van der Waals surface area (Å²) in [6.07, 6.45) is 31.8. The standard InChI is InChI=1S/C27H48O/c1-3-5-7-9-11-13-23-28-27-21-19-26(20-22-27)25-17-15-24(16-18-25)14-12-10-8-6-4-2/h7,9,11,13,24-27H,3-6,8,10,12,14-23H2,1-2H3/b9-7+,13-11+/t24?,25?,26-,27-. The molecule has 0 heterocycles. The van der Waals surface area contributed by atoms with Crippen LogP contribution in [0.25, 0.3) is 0 Å². The molecule has 28 heavy (non-hydrogen) atoms. The van der Waals surface area contributed by atoms with E-state index >= 15 is 0 Å². The zero-order valence-corrected chi connectivity index (χ0v) is 19.0. The van der Waals surface area contributed by atoms with Crippen molar-refractivity contribution in [1.29, 1.82) is 0 Å². The number of rotatable bonds is 13. The molecule has 0 bridgehead atoms. The molecule has 1 nitrogen and oxygen atoms in total. The van der Waals surface area contributed by atoms with E-state index in [2.05, 4.69) is 38.2 Å². The van der Waals surface area contributed by atoms with Gasteiger partial charge in [-0.05, 0) is 62.7 Å². The van der Waals surface area contributed by atoms with Crippen LogP contribution in [0.15, 0.2) is 24.3 Å². The van der Waals surface area contributed by atoms with Crippen LogP contribution in [-0.2, 0) is 4.74 Å². The van der Waals surface area contributed by atoms with E-state index in [0.29, 0.717) is 6.10 Å². The maximum atomic E-state index is 6.09. The molecule has 0 aromatic carbocycles. The monoisotopic (exact) mass is 388 g/mol. The minimum absolute atomic E-state index is 0.514. The highest BCUT2D eigenvalue weighted by molar-refractivity contribution is 5.02. The maximum Gasteiger partial charge on any atom is 0.0654 e. The van der Waals surface area contributed by atoms with Gasteiger partial charge in [-0.15, -0.1) is 0 Å². The van der Waals surface area contributed by atoms with Crippen LogP contribution in [0.5, 0.6) is 0 Å². The van der Waals surface area contributed by atoms with Crippen LogP contribution in [-0.4, -0.2) is 12.7 Å². The van der Waals surface area contributed by atoms with Crippen LogP contribution in [0, 0.1) is 17.8 Å².